The van der Waals surface area contributed by atoms with Gasteiger partial charge in [-0.05, 0) is 19.9 Å². The van der Waals surface area contributed by atoms with Gasteiger partial charge < -0.3 is 19.8 Å². The molecule has 2 heterocycles. The second kappa shape index (κ2) is 4.49. The summed E-state index contributed by atoms with van der Waals surface area (Å²) in [6, 6.07) is 3.97. The Morgan fingerprint density at radius 3 is 2.72 bits per heavy atom. The van der Waals surface area contributed by atoms with Crippen LogP contribution in [0.1, 0.15) is 12.2 Å². The Hall–Kier alpha value is -1.75. The largest absolute Gasteiger partial charge is 0.486 e. The van der Waals surface area contributed by atoms with Gasteiger partial charge in [-0.1, -0.05) is 0 Å². The van der Waals surface area contributed by atoms with E-state index >= 15 is 0 Å². The van der Waals surface area contributed by atoms with Crippen molar-refractivity contribution in [2.24, 2.45) is 5.73 Å². The molecule has 1 aliphatic rings. The van der Waals surface area contributed by atoms with Crippen LogP contribution in [-0.2, 0) is 6.54 Å². The summed E-state index contributed by atoms with van der Waals surface area (Å²) in [6.45, 7) is 4.79. The first-order valence-electron chi connectivity index (χ1n) is 6.26. The van der Waals surface area contributed by atoms with Crippen molar-refractivity contribution in [1.29, 1.82) is 0 Å². The molecule has 2 aromatic rings. The standard InChI is InChI=1S/C13H17N3O2/c1-9-15-10-7-12-13(18-6-5-17-12)8-11(10)16(9)4-2-3-14/h7-8H,2-6,14H2,1H3. The molecule has 0 fully saturated rings. The molecule has 0 atom stereocenters. The molecule has 0 saturated carbocycles. The molecule has 1 aliphatic heterocycles. The van der Waals surface area contributed by atoms with E-state index in [0.29, 0.717) is 19.8 Å². The molecule has 0 spiro atoms. The number of hydrogen-bond acceptors (Lipinski definition) is 4. The van der Waals surface area contributed by atoms with E-state index < -0.39 is 0 Å². The molecule has 0 saturated heterocycles. The van der Waals surface area contributed by atoms with E-state index in [4.69, 9.17) is 15.2 Å². The Balaban J connectivity index is 2.10. The molecule has 0 radical (unpaired) electrons. The van der Waals surface area contributed by atoms with Gasteiger partial charge in [-0.15, -0.1) is 0 Å². The minimum atomic E-state index is 0.603. The van der Waals surface area contributed by atoms with Crippen LogP contribution in [0, 0.1) is 6.92 Å². The van der Waals surface area contributed by atoms with E-state index in [1.165, 1.54) is 0 Å². The Morgan fingerprint density at radius 1 is 1.28 bits per heavy atom. The van der Waals surface area contributed by atoms with Crippen molar-refractivity contribution in [2.75, 3.05) is 19.8 Å². The number of aryl methyl sites for hydroxylation is 2. The molecule has 18 heavy (non-hydrogen) atoms. The summed E-state index contributed by atoms with van der Waals surface area (Å²) < 4.78 is 13.4. The van der Waals surface area contributed by atoms with Crippen molar-refractivity contribution in [3.05, 3.63) is 18.0 Å². The quantitative estimate of drug-likeness (QED) is 0.892. The molecular weight excluding hydrogens is 230 g/mol. The summed E-state index contributed by atoms with van der Waals surface area (Å²) in [5.41, 5.74) is 7.61. The maximum absolute atomic E-state index is 5.61. The van der Waals surface area contributed by atoms with Crippen molar-refractivity contribution in [1.82, 2.24) is 9.55 Å². The molecule has 3 rings (SSSR count). The lowest BCUT2D eigenvalue weighted by molar-refractivity contribution is 0.172. The smallest absolute Gasteiger partial charge is 0.163 e. The molecular formula is C13H17N3O2. The molecule has 0 bridgehead atoms. The minimum absolute atomic E-state index is 0.603. The molecule has 1 aromatic heterocycles. The number of ether oxygens (including phenoxy) is 2. The van der Waals surface area contributed by atoms with Gasteiger partial charge in [-0.25, -0.2) is 4.98 Å². The third kappa shape index (κ3) is 1.80. The Labute approximate surface area is 106 Å². The zero-order chi connectivity index (χ0) is 12.5. The average molecular weight is 247 g/mol. The van der Waals surface area contributed by atoms with Crippen molar-refractivity contribution in [2.45, 2.75) is 19.9 Å². The third-order valence-electron chi connectivity index (χ3n) is 3.19. The van der Waals surface area contributed by atoms with Crippen LogP contribution in [0.25, 0.3) is 11.0 Å². The van der Waals surface area contributed by atoms with Crippen LogP contribution in [-0.4, -0.2) is 29.3 Å². The van der Waals surface area contributed by atoms with Gasteiger partial charge >= 0.3 is 0 Å². The predicted molar refractivity (Wildman–Crippen MR) is 69.1 cm³/mol. The second-order valence-electron chi connectivity index (χ2n) is 4.44. The number of rotatable bonds is 3. The Morgan fingerprint density at radius 2 is 2.00 bits per heavy atom. The van der Waals surface area contributed by atoms with Gasteiger partial charge in [0, 0.05) is 18.7 Å². The van der Waals surface area contributed by atoms with Gasteiger partial charge in [-0.3, -0.25) is 0 Å². The SMILES string of the molecule is Cc1nc2cc3c(cc2n1CCCN)OCCO3. The van der Waals surface area contributed by atoms with Crippen LogP contribution >= 0.6 is 0 Å². The van der Waals surface area contributed by atoms with Crippen LogP contribution < -0.4 is 15.2 Å². The summed E-state index contributed by atoms with van der Waals surface area (Å²) in [6.07, 6.45) is 0.945. The molecule has 1 aromatic carbocycles. The van der Waals surface area contributed by atoms with Crippen LogP contribution in [0.3, 0.4) is 0 Å². The maximum atomic E-state index is 5.61. The fraction of sp³-hybridized carbons (Fsp3) is 0.462. The molecule has 2 N–H and O–H groups in total. The monoisotopic (exact) mass is 247 g/mol. The number of fused-ring (bicyclic) bond motifs is 2. The molecule has 5 heteroatoms. The first kappa shape index (κ1) is 11.3. The lowest BCUT2D eigenvalue weighted by Gasteiger charge is -2.18. The summed E-state index contributed by atoms with van der Waals surface area (Å²) >= 11 is 0. The molecule has 5 nitrogen and oxygen atoms in total. The number of nitrogens with zero attached hydrogens (tertiary/aromatic N) is 2. The predicted octanol–water partition coefficient (Wildman–Crippen LogP) is 1.46. The van der Waals surface area contributed by atoms with Crippen LogP contribution in [0.15, 0.2) is 12.1 Å². The molecule has 0 amide bonds. The summed E-state index contributed by atoms with van der Waals surface area (Å²) in [4.78, 5) is 4.56. The van der Waals surface area contributed by atoms with E-state index in [2.05, 4.69) is 9.55 Å². The normalized spacial score (nSPS) is 14.1. The van der Waals surface area contributed by atoms with Crippen molar-refractivity contribution in [3.63, 3.8) is 0 Å². The number of hydrogen-bond donors (Lipinski definition) is 1. The topological polar surface area (TPSA) is 62.3 Å². The number of aromatic nitrogens is 2. The van der Waals surface area contributed by atoms with E-state index in [9.17, 15) is 0 Å². The van der Waals surface area contributed by atoms with Crippen molar-refractivity contribution >= 4 is 11.0 Å². The Kier molecular flexibility index (Phi) is 2.83. The van der Waals surface area contributed by atoms with Crippen LogP contribution in [0.4, 0.5) is 0 Å². The van der Waals surface area contributed by atoms with Gasteiger partial charge in [0.2, 0.25) is 0 Å². The highest BCUT2D eigenvalue weighted by atomic mass is 16.6. The lowest BCUT2D eigenvalue weighted by Crippen LogP contribution is -2.15. The third-order valence-corrected chi connectivity index (χ3v) is 3.19. The summed E-state index contributed by atoms with van der Waals surface area (Å²) in [5.74, 6) is 2.60. The van der Waals surface area contributed by atoms with Crippen LogP contribution in [0.2, 0.25) is 0 Å². The zero-order valence-electron chi connectivity index (χ0n) is 10.5. The maximum Gasteiger partial charge on any atom is 0.163 e. The van der Waals surface area contributed by atoms with Gasteiger partial charge in [-0.2, -0.15) is 0 Å². The summed E-state index contributed by atoms with van der Waals surface area (Å²) in [7, 11) is 0. The molecule has 96 valence electrons. The minimum Gasteiger partial charge on any atom is -0.486 e. The van der Waals surface area contributed by atoms with E-state index in [-0.39, 0.29) is 0 Å². The highest BCUT2D eigenvalue weighted by Gasteiger charge is 2.16. The van der Waals surface area contributed by atoms with Gasteiger partial charge in [0.15, 0.2) is 11.5 Å². The van der Waals surface area contributed by atoms with Gasteiger partial charge in [0.1, 0.15) is 19.0 Å². The molecule has 0 unspecified atom stereocenters. The van der Waals surface area contributed by atoms with Gasteiger partial charge in [0.05, 0.1) is 11.0 Å². The molecule has 0 aliphatic carbocycles. The van der Waals surface area contributed by atoms with Crippen LogP contribution in [0.5, 0.6) is 11.5 Å². The van der Waals surface area contributed by atoms with E-state index in [1.807, 2.05) is 19.1 Å². The van der Waals surface area contributed by atoms with E-state index in [1.54, 1.807) is 0 Å². The second-order valence-corrected chi connectivity index (χ2v) is 4.44. The fourth-order valence-electron chi connectivity index (χ4n) is 2.31. The highest BCUT2D eigenvalue weighted by molar-refractivity contribution is 5.80. The Bertz CT molecular complexity index is 577. The first-order chi connectivity index (χ1) is 8.79. The van der Waals surface area contributed by atoms with Gasteiger partial charge in [0.25, 0.3) is 0 Å². The number of benzene rings is 1. The number of imidazole rings is 1. The summed E-state index contributed by atoms with van der Waals surface area (Å²) in [5, 5.41) is 0. The van der Waals surface area contributed by atoms with E-state index in [0.717, 1.165) is 41.3 Å². The average Bonchev–Trinajstić information content (AvgIpc) is 2.68. The first-order valence-corrected chi connectivity index (χ1v) is 6.26. The van der Waals surface area contributed by atoms with Crippen molar-refractivity contribution in [3.8, 4) is 11.5 Å². The zero-order valence-corrected chi connectivity index (χ0v) is 10.5. The van der Waals surface area contributed by atoms with Crippen molar-refractivity contribution < 1.29 is 9.47 Å². The number of nitrogens with two attached hydrogens (primary N) is 1. The fourth-order valence-corrected chi connectivity index (χ4v) is 2.31. The lowest BCUT2D eigenvalue weighted by atomic mass is 10.2. The highest BCUT2D eigenvalue weighted by Crippen LogP contribution is 2.34.